The molecule has 0 radical (unpaired) electrons. The lowest BCUT2D eigenvalue weighted by atomic mass is 9.90. The van der Waals surface area contributed by atoms with Gasteiger partial charge in [-0.1, -0.05) is 0 Å². The van der Waals surface area contributed by atoms with Crippen molar-refractivity contribution < 1.29 is 8.81 Å². The monoisotopic (exact) mass is 317 g/mol. The summed E-state index contributed by atoms with van der Waals surface area (Å²) in [5.74, 6) is -0.247. The zero-order valence-electron chi connectivity index (χ0n) is 13.2. The number of pyridine rings is 1. The molecule has 0 saturated heterocycles. The number of fused-ring (bicyclic) bond motifs is 4. The first kappa shape index (κ1) is 13.7. The molecule has 118 valence electrons. The molecule has 0 amide bonds. The highest BCUT2D eigenvalue weighted by atomic mass is 19.1. The Morgan fingerprint density at radius 2 is 1.62 bits per heavy atom. The van der Waals surface area contributed by atoms with Crippen LogP contribution in [0.1, 0.15) is 24.0 Å². The molecule has 0 atom stereocenters. The minimum Gasteiger partial charge on any atom is -0.454 e. The average Bonchev–Trinajstić information content (AvgIpc) is 2.98. The first-order valence-corrected chi connectivity index (χ1v) is 8.38. The van der Waals surface area contributed by atoms with E-state index >= 15 is 0 Å². The third-order valence-corrected chi connectivity index (χ3v) is 4.97. The summed E-state index contributed by atoms with van der Waals surface area (Å²) in [7, 11) is 0. The fraction of sp³-hybridized carbons (Fsp3) is 0.190. The van der Waals surface area contributed by atoms with Crippen LogP contribution in [0.15, 0.2) is 53.1 Å². The zero-order valence-corrected chi connectivity index (χ0v) is 13.2. The largest absolute Gasteiger partial charge is 0.454 e. The van der Waals surface area contributed by atoms with Crippen LogP contribution in [0.4, 0.5) is 4.39 Å². The van der Waals surface area contributed by atoms with Gasteiger partial charge in [0.2, 0.25) is 0 Å². The van der Waals surface area contributed by atoms with Gasteiger partial charge in [0.25, 0.3) is 0 Å². The van der Waals surface area contributed by atoms with Crippen LogP contribution in [-0.2, 0) is 12.8 Å². The molecule has 2 aromatic heterocycles. The number of furan rings is 1. The first-order chi connectivity index (χ1) is 11.8. The predicted molar refractivity (Wildman–Crippen MR) is 93.6 cm³/mol. The molecular weight excluding hydrogens is 301 g/mol. The first-order valence-electron chi connectivity index (χ1n) is 8.38. The predicted octanol–water partition coefficient (Wildman–Crippen LogP) is 5.67. The third kappa shape index (κ3) is 2.04. The highest BCUT2D eigenvalue weighted by Crippen LogP contribution is 2.37. The SMILES string of the molecule is Fc1ccc(-c2nccc3c2oc2cc4c(cc23)CCCC4)cc1. The Hall–Kier alpha value is -2.68. The number of aryl methyl sites for hydroxylation is 2. The van der Waals surface area contributed by atoms with Gasteiger partial charge in [-0.25, -0.2) is 4.39 Å². The van der Waals surface area contributed by atoms with Crippen LogP contribution >= 0.6 is 0 Å². The Balaban J connectivity index is 1.79. The average molecular weight is 317 g/mol. The second-order valence-electron chi connectivity index (χ2n) is 6.47. The fourth-order valence-corrected chi connectivity index (χ4v) is 3.74. The Kier molecular flexibility index (Phi) is 2.96. The molecule has 0 saturated carbocycles. The number of halogens is 1. The van der Waals surface area contributed by atoms with Crippen molar-refractivity contribution in [3.8, 4) is 11.3 Å². The van der Waals surface area contributed by atoms with Gasteiger partial charge in [0.15, 0.2) is 5.58 Å². The van der Waals surface area contributed by atoms with Crippen LogP contribution in [0.3, 0.4) is 0 Å². The quantitative estimate of drug-likeness (QED) is 0.452. The Labute approximate surface area is 138 Å². The van der Waals surface area contributed by atoms with Crippen molar-refractivity contribution in [1.82, 2.24) is 4.98 Å². The third-order valence-electron chi connectivity index (χ3n) is 4.97. The van der Waals surface area contributed by atoms with Crippen LogP contribution in [0.2, 0.25) is 0 Å². The molecule has 4 aromatic rings. The molecule has 2 heterocycles. The van der Waals surface area contributed by atoms with Crippen molar-refractivity contribution in [2.75, 3.05) is 0 Å². The normalized spacial score (nSPS) is 14.2. The highest BCUT2D eigenvalue weighted by molar-refractivity contribution is 6.09. The summed E-state index contributed by atoms with van der Waals surface area (Å²) >= 11 is 0. The van der Waals surface area contributed by atoms with Crippen molar-refractivity contribution in [3.63, 3.8) is 0 Å². The summed E-state index contributed by atoms with van der Waals surface area (Å²) in [6.45, 7) is 0. The molecule has 1 aliphatic rings. The van der Waals surface area contributed by atoms with Gasteiger partial charge >= 0.3 is 0 Å². The van der Waals surface area contributed by atoms with Crippen LogP contribution in [0.5, 0.6) is 0 Å². The molecule has 0 N–H and O–H groups in total. The van der Waals surface area contributed by atoms with Crippen LogP contribution < -0.4 is 0 Å². The molecule has 0 aliphatic heterocycles. The lowest BCUT2D eigenvalue weighted by Crippen LogP contribution is -2.01. The second-order valence-corrected chi connectivity index (χ2v) is 6.47. The summed E-state index contributed by atoms with van der Waals surface area (Å²) in [4.78, 5) is 4.48. The van der Waals surface area contributed by atoms with Crippen LogP contribution in [-0.4, -0.2) is 4.98 Å². The number of hydrogen-bond acceptors (Lipinski definition) is 2. The van der Waals surface area contributed by atoms with Gasteiger partial charge in [-0.2, -0.15) is 0 Å². The van der Waals surface area contributed by atoms with Gasteiger partial charge in [-0.15, -0.1) is 0 Å². The van der Waals surface area contributed by atoms with E-state index in [0.717, 1.165) is 46.0 Å². The van der Waals surface area contributed by atoms with Crippen molar-refractivity contribution in [2.24, 2.45) is 0 Å². The fourth-order valence-electron chi connectivity index (χ4n) is 3.74. The molecule has 1 aliphatic carbocycles. The maximum absolute atomic E-state index is 13.2. The summed E-state index contributed by atoms with van der Waals surface area (Å²) in [5.41, 5.74) is 6.18. The Morgan fingerprint density at radius 3 is 2.42 bits per heavy atom. The van der Waals surface area contributed by atoms with E-state index in [4.69, 9.17) is 4.42 Å². The van der Waals surface area contributed by atoms with E-state index in [-0.39, 0.29) is 5.82 Å². The smallest absolute Gasteiger partial charge is 0.161 e. The molecular formula is C21H16FNO. The second kappa shape index (κ2) is 5.17. The van der Waals surface area contributed by atoms with Crippen molar-refractivity contribution in [2.45, 2.75) is 25.7 Å². The van der Waals surface area contributed by atoms with E-state index in [2.05, 4.69) is 17.1 Å². The Bertz CT molecular complexity index is 1060. The highest BCUT2D eigenvalue weighted by Gasteiger charge is 2.17. The van der Waals surface area contributed by atoms with Gasteiger partial charge in [-0.05, 0) is 79.3 Å². The maximum Gasteiger partial charge on any atom is 0.161 e. The minimum absolute atomic E-state index is 0.247. The van der Waals surface area contributed by atoms with E-state index in [9.17, 15) is 4.39 Å². The molecule has 0 unspecified atom stereocenters. The van der Waals surface area contributed by atoms with Crippen LogP contribution in [0.25, 0.3) is 33.2 Å². The molecule has 24 heavy (non-hydrogen) atoms. The summed E-state index contributed by atoms with van der Waals surface area (Å²) in [6.07, 6.45) is 6.59. The van der Waals surface area contributed by atoms with Gasteiger partial charge in [-0.3, -0.25) is 4.98 Å². The zero-order chi connectivity index (χ0) is 16.1. The minimum atomic E-state index is -0.247. The standard InChI is InChI=1S/C21H16FNO/c22-16-7-5-13(6-8-16)20-21-17(9-10-23-20)18-11-14-3-1-2-4-15(14)12-19(18)24-21/h5-12H,1-4H2. The lowest BCUT2D eigenvalue weighted by molar-refractivity contribution is 0.628. The van der Waals surface area contributed by atoms with E-state index in [1.807, 2.05) is 6.07 Å². The summed E-state index contributed by atoms with van der Waals surface area (Å²) < 4.78 is 19.4. The number of hydrogen-bond donors (Lipinski definition) is 0. The van der Waals surface area contributed by atoms with Crippen molar-refractivity contribution in [1.29, 1.82) is 0 Å². The molecule has 2 nitrogen and oxygen atoms in total. The molecule has 3 heteroatoms. The van der Waals surface area contributed by atoms with E-state index in [0.29, 0.717) is 0 Å². The van der Waals surface area contributed by atoms with E-state index in [1.165, 1.54) is 36.1 Å². The molecule has 5 rings (SSSR count). The van der Waals surface area contributed by atoms with Gasteiger partial charge in [0.1, 0.15) is 17.1 Å². The number of nitrogens with zero attached hydrogens (tertiary/aromatic N) is 1. The van der Waals surface area contributed by atoms with Crippen LogP contribution in [0, 0.1) is 5.82 Å². The molecule has 0 bridgehead atoms. The summed E-state index contributed by atoms with van der Waals surface area (Å²) in [5, 5.41) is 2.23. The van der Waals surface area contributed by atoms with Crippen molar-refractivity contribution >= 4 is 21.9 Å². The van der Waals surface area contributed by atoms with Gasteiger partial charge < -0.3 is 4.42 Å². The molecule has 0 fully saturated rings. The Morgan fingerprint density at radius 1 is 0.875 bits per heavy atom. The topological polar surface area (TPSA) is 26.0 Å². The summed E-state index contributed by atoms with van der Waals surface area (Å²) in [6, 6.07) is 12.9. The van der Waals surface area contributed by atoms with Gasteiger partial charge in [0, 0.05) is 22.5 Å². The molecule has 2 aromatic carbocycles. The van der Waals surface area contributed by atoms with Gasteiger partial charge in [0.05, 0.1) is 0 Å². The number of aromatic nitrogens is 1. The number of rotatable bonds is 1. The van der Waals surface area contributed by atoms with Crippen molar-refractivity contribution in [3.05, 3.63) is 65.6 Å². The van der Waals surface area contributed by atoms with E-state index < -0.39 is 0 Å². The number of benzene rings is 2. The lowest BCUT2D eigenvalue weighted by Gasteiger charge is -2.14. The van der Waals surface area contributed by atoms with E-state index in [1.54, 1.807) is 18.3 Å². The maximum atomic E-state index is 13.2. The molecule has 0 spiro atoms.